The SMILES string of the molecule is O=C(Nc1ccccc1)C1CCN(Cc2cc(=O)n3ccccc3n2)CC1. The third kappa shape index (κ3) is 4.06. The first-order valence-electron chi connectivity index (χ1n) is 9.24. The number of nitrogens with zero attached hydrogens (tertiary/aromatic N) is 3. The molecule has 3 heterocycles. The third-order valence-electron chi connectivity index (χ3n) is 5.01. The Morgan fingerprint density at radius 3 is 2.59 bits per heavy atom. The van der Waals surface area contributed by atoms with Crippen LogP contribution in [0.5, 0.6) is 0 Å². The van der Waals surface area contributed by atoms with Crippen LogP contribution < -0.4 is 10.9 Å². The maximum atomic E-state index is 12.4. The number of nitrogens with one attached hydrogen (secondary N) is 1. The van der Waals surface area contributed by atoms with Crippen LogP contribution in [-0.2, 0) is 11.3 Å². The molecule has 0 aliphatic carbocycles. The van der Waals surface area contributed by atoms with E-state index in [9.17, 15) is 9.59 Å². The van der Waals surface area contributed by atoms with Crippen LogP contribution in [-0.4, -0.2) is 33.3 Å². The van der Waals surface area contributed by atoms with E-state index in [-0.39, 0.29) is 17.4 Å². The molecule has 0 radical (unpaired) electrons. The average molecular weight is 362 g/mol. The second-order valence-electron chi connectivity index (χ2n) is 6.92. The summed E-state index contributed by atoms with van der Waals surface area (Å²) in [5.41, 5.74) is 2.22. The number of anilines is 1. The highest BCUT2D eigenvalue weighted by Gasteiger charge is 2.25. The summed E-state index contributed by atoms with van der Waals surface area (Å²) in [6.45, 7) is 2.28. The molecule has 0 spiro atoms. The van der Waals surface area contributed by atoms with Gasteiger partial charge in [-0.05, 0) is 50.2 Å². The molecule has 1 saturated heterocycles. The summed E-state index contributed by atoms with van der Waals surface area (Å²) in [7, 11) is 0. The highest BCUT2D eigenvalue weighted by atomic mass is 16.2. The number of aromatic nitrogens is 2. The highest BCUT2D eigenvalue weighted by molar-refractivity contribution is 5.92. The molecule has 1 N–H and O–H groups in total. The number of pyridine rings is 1. The zero-order valence-corrected chi connectivity index (χ0v) is 15.0. The Kier molecular flexibility index (Phi) is 4.98. The number of piperidine rings is 1. The van der Waals surface area contributed by atoms with Gasteiger partial charge in [-0.3, -0.25) is 18.9 Å². The second-order valence-corrected chi connectivity index (χ2v) is 6.92. The van der Waals surface area contributed by atoms with E-state index < -0.39 is 0 Å². The molecule has 1 fully saturated rings. The molecule has 6 heteroatoms. The fraction of sp³-hybridized carbons (Fsp3) is 0.286. The van der Waals surface area contributed by atoms with Crippen molar-refractivity contribution < 1.29 is 4.79 Å². The van der Waals surface area contributed by atoms with E-state index in [1.807, 2.05) is 48.5 Å². The van der Waals surface area contributed by atoms with Crippen molar-refractivity contribution in [1.82, 2.24) is 14.3 Å². The van der Waals surface area contributed by atoms with Crippen molar-refractivity contribution in [3.05, 3.63) is 76.8 Å². The number of likely N-dealkylation sites (tertiary alicyclic amines) is 1. The van der Waals surface area contributed by atoms with E-state index in [1.165, 1.54) is 0 Å². The molecule has 138 valence electrons. The normalized spacial score (nSPS) is 15.7. The van der Waals surface area contributed by atoms with E-state index in [0.29, 0.717) is 12.2 Å². The average Bonchev–Trinajstić information content (AvgIpc) is 2.69. The van der Waals surface area contributed by atoms with Crippen LogP contribution in [0.3, 0.4) is 0 Å². The van der Waals surface area contributed by atoms with Crippen molar-refractivity contribution in [2.75, 3.05) is 18.4 Å². The molecule has 6 nitrogen and oxygen atoms in total. The van der Waals surface area contributed by atoms with Gasteiger partial charge in [0.05, 0.1) is 5.69 Å². The van der Waals surface area contributed by atoms with Gasteiger partial charge in [0.15, 0.2) is 0 Å². The number of para-hydroxylation sites is 1. The summed E-state index contributed by atoms with van der Waals surface area (Å²) in [4.78, 5) is 31.5. The van der Waals surface area contributed by atoms with Gasteiger partial charge in [0, 0.05) is 30.4 Å². The Morgan fingerprint density at radius 2 is 1.81 bits per heavy atom. The Bertz CT molecular complexity index is 992. The second kappa shape index (κ2) is 7.72. The topological polar surface area (TPSA) is 66.7 Å². The Labute approximate surface area is 157 Å². The molecular formula is C21H22N4O2. The minimum absolute atomic E-state index is 0.0247. The first-order valence-corrected chi connectivity index (χ1v) is 9.24. The van der Waals surface area contributed by atoms with Gasteiger partial charge in [0.1, 0.15) is 5.65 Å². The lowest BCUT2D eigenvalue weighted by molar-refractivity contribution is -0.121. The van der Waals surface area contributed by atoms with Gasteiger partial charge >= 0.3 is 0 Å². The number of carbonyl (C=O) groups excluding carboxylic acids is 1. The van der Waals surface area contributed by atoms with E-state index in [0.717, 1.165) is 37.3 Å². The number of carbonyl (C=O) groups is 1. The van der Waals surface area contributed by atoms with Crippen LogP contribution in [0.4, 0.5) is 5.69 Å². The van der Waals surface area contributed by atoms with Gasteiger partial charge in [0.25, 0.3) is 5.56 Å². The minimum atomic E-state index is -0.0623. The molecule has 0 unspecified atom stereocenters. The molecule has 0 saturated carbocycles. The summed E-state index contributed by atoms with van der Waals surface area (Å²) in [5, 5.41) is 2.99. The van der Waals surface area contributed by atoms with Crippen molar-refractivity contribution in [3.8, 4) is 0 Å². The number of hydrogen-bond acceptors (Lipinski definition) is 4. The number of benzene rings is 1. The van der Waals surface area contributed by atoms with Gasteiger partial charge < -0.3 is 5.32 Å². The molecule has 0 atom stereocenters. The number of hydrogen-bond donors (Lipinski definition) is 1. The Hall–Kier alpha value is -2.99. The van der Waals surface area contributed by atoms with Crippen LogP contribution in [0.15, 0.2) is 65.6 Å². The largest absolute Gasteiger partial charge is 0.326 e. The molecular weight excluding hydrogens is 340 g/mol. The van der Waals surface area contributed by atoms with Crippen molar-refractivity contribution in [2.45, 2.75) is 19.4 Å². The van der Waals surface area contributed by atoms with Gasteiger partial charge in [0.2, 0.25) is 5.91 Å². The van der Waals surface area contributed by atoms with Crippen molar-refractivity contribution in [3.63, 3.8) is 0 Å². The monoisotopic (exact) mass is 362 g/mol. The molecule has 27 heavy (non-hydrogen) atoms. The van der Waals surface area contributed by atoms with Crippen LogP contribution >= 0.6 is 0 Å². The minimum Gasteiger partial charge on any atom is -0.326 e. The third-order valence-corrected chi connectivity index (χ3v) is 5.01. The molecule has 1 aliphatic heterocycles. The van der Waals surface area contributed by atoms with Crippen molar-refractivity contribution in [1.29, 1.82) is 0 Å². The van der Waals surface area contributed by atoms with Crippen LogP contribution in [0, 0.1) is 5.92 Å². The molecule has 3 aromatic rings. The lowest BCUT2D eigenvalue weighted by Crippen LogP contribution is -2.38. The predicted octanol–water partition coefficient (Wildman–Crippen LogP) is 2.55. The highest BCUT2D eigenvalue weighted by Crippen LogP contribution is 2.20. The van der Waals surface area contributed by atoms with Crippen molar-refractivity contribution in [2.24, 2.45) is 5.92 Å². The summed E-state index contributed by atoms with van der Waals surface area (Å²) >= 11 is 0. The van der Waals surface area contributed by atoms with E-state index in [1.54, 1.807) is 16.7 Å². The first kappa shape index (κ1) is 17.4. The van der Waals surface area contributed by atoms with Crippen molar-refractivity contribution >= 4 is 17.2 Å². The molecule has 1 aromatic carbocycles. The van der Waals surface area contributed by atoms with Gasteiger partial charge in [-0.25, -0.2) is 4.98 Å². The summed E-state index contributed by atoms with van der Waals surface area (Å²) in [5.74, 6) is 0.111. The van der Waals surface area contributed by atoms with Crippen LogP contribution in [0.1, 0.15) is 18.5 Å². The first-order chi connectivity index (χ1) is 13.2. The lowest BCUT2D eigenvalue weighted by atomic mass is 9.95. The lowest BCUT2D eigenvalue weighted by Gasteiger charge is -2.31. The quantitative estimate of drug-likeness (QED) is 0.775. The van der Waals surface area contributed by atoms with Crippen LogP contribution in [0.2, 0.25) is 0 Å². The fourth-order valence-electron chi connectivity index (χ4n) is 3.53. The zero-order chi connectivity index (χ0) is 18.6. The van der Waals surface area contributed by atoms with E-state index >= 15 is 0 Å². The summed E-state index contributed by atoms with van der Waals surface area (Å²) in [6.07, 6.45) is 3.35. The maximum absolute atomic E-state index is 12.4. The molecule has 1 aliphatic rings. The smallest absolute Gasteiger partial charge is 0.258 e. The predicted molar refractivity (Wildman–Crippen MR) is 105 cm³/mol. The maximum Gasteiger partial charge on any atom is 0.258 e. The van der Waals surface area contributed by atoms with Crippen LogP contribution in [0.25, 0.3) is 5.65 Å². The van der Waals surface area contributed by atoms with Gasteiger partial charge in [-0.15, -0.1) is 0 Å². The summed E-state index contributed by atoms with van der Waals surface area (Å²) in [6, 6.07) is 16.7. The van der Waals surface area contributed by atoms with Gasteiger partial charge in [-0.1, -0.05) is 24.3 Å². The Morgan fingerprint density at radius 1 is 1.07 bits per heavy atom. The van der Waals surface area contributed by atoms with E-state index in [2.05, 4.69) is 15.2 Å². The Balaban J connectivity index is 1.36. The molecule has 2 aromatic heterocycles. The summed E-state index contributed by atoms with van der Waals surface area (Å²) < 4.78 is 1.55. The number of rotatable bonds is 4. The number of amides is 1. The van der Waals surface area contributed by atoms with Gasteiger partial charge in [-0.2, -0.15) is 0 Å². The molecule has 1 amide bonds. The fourth-order valence-corrected chi connectivity index (χ4v) is 3.53. The number of fused-ring (bicyclic) bond motifs is 1. The van der Waals surface area contributed by atoms with E-state index in [4.69, 9.17) is 0 Å². The molecule has 4 rings (SSSR count). The molecule has 0 bridgehead atoms. The standard InChI is InChI=1S/C21H22N4O2/c26-20-14-18(22-19-8-4-5-11-25(19)20)15-24-12-9-16(10-13-24)21(27)23-17-6-2-1-3-7-17/h1-8,11,14,16H,9-10,12-13,15H2,(H,23,27). The zero-order valence-electron chi connectivity index (χ0n) is 15.0.